The number of rotatable bonds is 7. The van der Waals surface area contributed by atoms with Gasteiger partial charge in [0.15, 0.2) is 0 Å². The third-order valence-electron chi connectivity index (χ3n) is 3.29. The largest absolute Gasteiger partial charge is 0.481 e. The second-order valence-electron chi connectivity index (χ2n) is 5.78. The Bertz CT molecular complexity index is 394. The predicted molar refractivity (Wildman–Crippen MR) is 71.6 cm³/mol. The van der Waals surface area contributed by atoms with E-state index >= 15 is 0 Å². The Morgan fingerprint density at radius 1 is 1.44 bits per heavy atom. The third-order valence-corrected chi connectivity index (χ3v) is 3.29. The summed E-state index contributed by atoms with van der Waals surface area (Å²) in [4.78, 5) is 15.3. The zero-order chi connectivity index (χ0) is 13.8. The van der Waals surface area contributed by atoms with Crippen molar-refractivity contribution < 1.29 is 9.90 Å². The summed E-state index contributed by atoms with van der Waals surface area (Å²) in [5.74, 6) is 0.816. The van der Waals surface area contributed by atoms with Gasteiger partial charge >= 0.3 is 5.97 Å². The van der Waals surface area contributed by atoms with Crippen LogP contribution in [0.25, 0.3) is 0 Å². The van der Waals surface area contributed by atoms with Crippen LogP contribution in [0.3, 0.4) is 0 Å². The fourth-order valence-corrected chi connectivity index (χ4v) is 1.97. The van der Waals surface area contributed by atoms with Crippen LogP contribution in [-0.2, 0) is 11.3 Å². The summed E-state index contributed by atoms with van der Waals surface area (Å²) in [6.07, 6.45) is 6.46. The average molecular weight is 252 g/mol. The van der Waals surface area contributed by atoms with Crippen LogP contribution >= 0.6 is 0 Å². The van der Waals surface area contributed by atoms with Gasteiger partial charge in [0.05, 0.1) is 5.41 Å². The molecule has 0 saturated heterocycles. The standard InChI is InChI=1S/C14H24N2O2/c1-11(2)12-15-8-10-16(12)9-6-5-7-14(3,4)13(17)18/h8,10-11H,5-7,9H2,1-4H3,(H,17,18). The van der Waals surface area contributed by atoms with Crippen molar-refractivity contribution in [2.24, 2.45) is 5.41 Å². The van der Waals surface area contributed by atoms with Crippen LogP contribution in [0, 0.1) is 5.41 Å². The van der Waals surface area contributed by atoms with Crippen molar-refractivity contribution in [3.63, 3.8) is 0 Å². The Labute approximate surface area is 109 Å². The summed E-state index contributed by atoms with van der Waals surface area (Å²) in [7, 11) is 0. The highest BCUT2D eigenvalue weighted by atomic mass is 16.4. The van der Waals surface area contributed by atoms with Gasteiger partial charge in [-0.1, -0.05) is 20.3 Å². The van der Waals surface area contributed by atoms with E-state index in [-0.39, 0.29) is 0 Å². The van der Waals surface area contributed by atoms with Gasteiger partial charge in [0.25, 0.3) is 0 Å². The number of carbonyl (C=O) groups is 1. The zero-order valence-electron chi connectivity index (χ0n) is 11.8. The molecule has 0 bridgehead atoms. The van der Waals surface area contributed by atoms with Gasteiger partial charge in [-0.05, 0) is 26.7 Å². The molecule has 1 aromatic rings. The normalized spacial score (nSPS) is 12.1. The smallest absolute Gasteiger partial charge is 0.309 e. The van der Waals surface area contributed by atoms with Crippen LogP contribution in [0.5, 0.6) is 0 Å². The van der Waals surface area contributed by atoms with Crippen molar-refractivity contribution >= 4 is 5.97 Å². The molecule has 1 N–H and O–H groups in total. The quantitative estimate of drug-likeness (QED) is 0.758. The van der Waals surface area contributed by atoms with E-state index in [1.54, 1.807) is 13.8 Å². The van der Waals surface area contributed by atoms with E-state index in [0.717, 1.165) is 25.2 Å². The molecular formula is C14H24N2O2. The second-order valence-corrected chi connectivity index (χ2v) is 5.78. The molecule has 0 unspecified atom stereocenters. The molecule has 18 heavy (non-hydrogen) atoms. The average Bonchev–Trinajstić information content (AvgIpc) is 2.72. The molecule has 0 spiro atoms. The summed E-state index contributed by atoms with van der Waals surface area (Å²) in [6, 6.07) is 0. The molecule has 0 saturated carbocycles. The lowest BCUT2D eigenvalue weighted by molar-refractivity contribution is -0.147. The fourth-order valence-electron chi connectivity index (χ4n) is 1.97. The number of aryl methyl sites for hydroxylation is 1. The number of aliphatic carboxylic acids is 1. The van der Waals surface area contributed by atoms with Gasteiger partial charge in [0.2, 0.25) is 0 Å². The summed E-state index contributed by atoms with van der Waals surface area (Å²) >= 11 is 0. The molecular weight excluding hydrogens is 228 g/mol. The first-order chi connectivity index (χ1) is 8.34. The molecule has 4 nitrogen and oxygen atoms in total. The highest BCUT2D eigenvalue weighted by Crippen LogP contribution is 2.23. The molecule has 0 amide bonds. The number of unbranched alkanes of at least 4 members (excludes halogenated alkanes) is 1. The monoisotopic (exact) mass is 252 g/mol. The van der Waals surface area contributed by atoms with Crippen molar-refractivity contribution in [3.05, 3.63) is 18.2 Å². The van der Waals surface area contributed by atoms with Crippen LogP contribution in [0.2, 0.25) is 0 Å². The van der Waals surface area contributed by atoms with Crippen molar-refractivity contribution in [2.75, 3.05) is 0 Å². The molecule has 0 aliphatic heterocycles. The Morgan fingerprint density at radius 3 is 2.67 bits per heavy atom. The lowest BCUT2D eigenvalue weighted by Gasteiger charge is -2.18. The van der Waals surface area contributed by atoms with Crippen LogP contribution in [0.4, 0.5) is 0 Å². The van der Waals surface area contributed by atoms with Crippen molar-refractivity contribution in [2.45, 2.75) is 59.4 Å². The van der Waals surface area contributed by atoms with Gasteiger partial charge < -0.3 is 9.67 Å². The number of nitrogens with zero attached hydrogens (tertiary/aromatic N) is 2. The number of carboxylic acid groups (broad SMARTS) is 1. The highest BCUT2D eigenvalue weighted by molar-refractivity contribution is 5.73. The lowest BCUT2D eigenvalue weighted by atomic mass is 9.87. The topological polar surface area (TPSA) is 55.1 Å². The molecule has 1 heterocycles. The van der Waals surface area contributed by atoms with Crippen LogP contribution in [-0.4, -0.2) is 20.6 Å². The SMILES string of the molecule is CC(C)c1nccn1CCCCC(C)(C)C(=O)O. The van der Waals surface area contributed by atoms with E-state index in [9.17, 15) is 4.79 Å². The fraction of sp³-hybridized carbons (Fsp3) is 0.714. The Balaban J connectivity index is 2.39. The van der Waals surface area contributed by atoms with Gasteiger partial charge in [-0.2, -0.15) is 0 Å². The minimum atomic E-state index is -0.715. The summed E-state index contributed by atoms with van der Waals surface area (Å²) in [5, 5.41) is 9.03. The summed E-state index contributed by atoms with van der Waals surface area (Å²) < 4.78 is 2.17. The first-order valence-corrected chi connectivity index (χ1v) is 6.59. The third kappa shape index (κ3) is 3.86. The number of imidazole rings is 1. The second kappa shape index (κ2) is 6.03. The Kier molecular flexibility index (Phi) is 4.93. The number of carboxylic acids is 1. The number of aromatic nitrogens is 2. The molecule has 0 fully saturated rings. The van der Waals surface area contributed by atoms with Crippen molar-refractivity contribution in [3.8, 4) is 0 Å². The van der Waals surface area contributed by atoms with E-state index in [4.69, 9.17) is 5.11 Å². The lowest BCUT2D eigenvalue weighted by Crippen LogP contribution is -2.23. The molecule has 0 aliphatic carbocycles. The number of hydrogen-bond donors (Lipinski definition) is 1. The maximum atomic E-state index is 11.0. The van der Waals surface area contributed by atoms with Gasteiger partial charge in [-0.3, -0.25) is 4.79 Å². The van der Waals surface area contributed by atoms with E-state index < -0.39 is 11.4 Å². The molecule has 0 aliphatic rings. The van der Waals surface area contributed by atoms with E-state index in [1.807, 2.05) is 12.4 Å². The first-order valence-electron chi connectivity index (χ1n) is 6.59. The minimum absolute atomic E-state index is 0.426. The zero-order valence-corrected chi connectivity index (χ0v) is 11.8. The predicted octanol–water partition coefficient (Wildman–Crippen LogP) is 3.29. The molecule has 0 aromatic carbocycles. The maximum absolute atomic E-state index is 11.0. The van der Waals surface area contributed by atoms with E-state index in [2.05, 4.69) is 23.4 Å². The Morgan fingerprint density at radius 2 is 2.11 bits per heavy atom. The van der Waals surface area contributed by atoms with Gasteiger partial charge in [0, 0.05) is 24.9 Å². The van der Waals surface area contributed by atoms with E-state index in [1.165, 1.54) is 0 Å². The van der Waals surface area contributed by atoms with Gasteiger partial charge in [0.1, 0.15) is 5.82 Å². The first kappa shape index (κ1) is 14.7. The Hall–Kier alpha value is -1.32. The van der Waals surface area contributed by atoms with E-state index in [0.29, 0.717) is 12.3 Å². The van der Waals surface area contributed by atoms with Crippen LogP contribution < -0.4 is 0 Å². The van der Waals surface area contributed by atoms with Gasteiger partial charge in [-0.25, -0.2) is 4.98 Å². The van der Waals surface area contributed by atoms with Gasteiger partial charge in [-0.15, -0.1) is 0 Å². The van der Waals surface area contributed by atoms with Crippen molar-refractivity contribution in [1.29, 1.82) is 0 Å². The van der Waals surface area contributed by atoms with Crippen LogP contribution in [0.15, 0.2) is 12.4 Å². The molecule has 1 aromatic heterocycles. The highest BCUT2D eigenvalue weighted by Gasteiger charge is 2.25. The maximum Gasteiger partial charge on any atom is 0.309 e. The summed E-state index contributed by atoms with van der Waals surface area (Å²) in [6.45, 7) is 8.75. The molecule has 4 heteroatoms. The van der Waals surface area contributed by atoms with Crippen molar-refractivity contribution in [1.82, 2.24) is 9.55 Å². The molecule has 0 atom stereocenters. The molecule has 1 rings (SSSR count). The number of hydrogen-bond acceptors (Lipinski definition) is 2. The molecule has 102 valence electrons. The van der Waals surface area contributed by atoms with Crippen LogP contribution in [0.1, 0.15) is 58.7 Å². The summed E-state index contributed by atoms with van der Waals surface area (Å²) in [5.41, 5.74) is -0.615. The minimum Gasteiger partial charge on any atom is -0.481 e. The molecule has 0 radical (unpaired) electrons.